The van der Waals surface area contributed by atoms with Gasteiger partial charge in [-0.25, -0.2) is 18.1 Å². The second-order valence-electron chi connectivity index (χ2n) is 6.30. The first-order chi connectivity index (χ1) is 9.15. The Kier molecular flexibility index (Phi) is 2.54. The number of aromatic amines is 1. The van der Waals surface area contributed by atoms with Crippen molar-refractivity contribution in [1.29, 1.82) is 0 Å². The molecule has 0 spiro atoms. The highest BCUT2D eigenvalue weighted by atomic mass is 32.2. The van der Waals surface area contributed by atoms with Crippen LogP contribution in [0.15, 0.2) is 17.6 Å². The maximum atomic E-state index is 12.2. The van der Waals surface area contributed by atoms with E-state index in [1.54, 1.807) is 0 Å². The molecular formula is C13H19N3O2S. The van der Waals surface area contributed by atoms with Gasteiger partial charge in [0.15, 0.2) is 5.03 Å². The lowest BCUT2D eigenvalue weighted by molar-refractivity contribution is 0.224. The molecule has 2 N–H and O–H groups in total. The highest BCUT2D eigenvalue weighted by molar-refractivity contribution is 7.89. The Hall–Kier alpha value is -0.880. The van der Waals surface area contributed by atoms with Crippen LogP contribution in [0.25, 0.3) is 0 Å². The first-order valence-corrected chi connectivity index (χ1v) is 8.64. The van der Waals surface area contributed by atoms with Crippen molar-refractivity contribution in [3.05, 3.63) is 12.5 Å². The van der Waals surface area contributed by atoms with Gasteiger partial charge in [0.1, 0.15) is 0 Å². The minimum absolute atomic E-state index is 0.137. The second kappa shape index (κ2) is 4.06. The van der Waals surface area contributed by atoms with Crippen molar-refractivity contribution in [3.8, 4) is 0 Å². The summed E-state index contributed by atoms with van der Waals surface area (Å²) in [6, 6.07) is 0.137. The molecule has 3 fully saturated rings. The van der Waals surface area contributed by atoms with Crippen LogP contribution < -0.4 is 4.72 Å². The lowest BCUT2D eigenvalue weighted by Crippen LogP contribution is -2.42. The summed E-state index contributed by atoms with van der Waals surface area (Å²) in [4.78, 5) is 6.47. The highest BCUT2D eigenvalue weighted by Crippen LogP contribution is 2.58. The summed E-state index contributed by atoms with van der Waals surface area (Å²) in [5, 5.41) is 0.179. The van der Waals surface area contributed by atoms with Crippen molar-refractivity contribution in [2.24, 2.45) is 23.7 Å². The molecule has 1 aromatic heterocycles. The Morgan fingerprint density at radius 1 is 1.21 bits per heavy atom. The van der Waals surface area contributed by atoms with Crippen LogP contribution in [0, 0.1) is 23.7 Å². The number of hydrogen-bond donors (Lipinski definition) is 2. The maximum absolute atomic E-state index is 12.2. The number of rotatable bonds is 3. The molecule has 4 rings (SSSR count). The minimum atomic E-state index is -3.42. The average Bonchev–Trinajstić information content (AvgIpc) is 3.11. The summed E-state index contributed by atoms with van der Waals surface area (Å²) >= 11 is 0. The van der Waals surface area contributed by atoms with Crippen LogP contribution in [0.2, 0.25) is 0 Å². The molecule has 0 radical (unpaired) electrons. The van der Waals surface area contributed by atoms with Gasteiger partial charge in [0.25, 0.3) is 10.0 Å². The number of fused-ring (bicyclic) bond motifs is 5. The SMILES string of the molecule is O=S(=O)(NC1CC2CC1C1CCCC21)c1cnc[nH]1. The first-order valence-electron chi connectivity index (χ1n) is 7.16. The highest BCUT2D eigenvalue weighted by Gasteiger charge is 2.54. The number of aromatic nitrogens is 2. The number of hydrogen-bond acceptors (Lipinski definition) is 3. The second-order valence-corrected chi connectivity index (χ2v) is 7.98. The molecule has 0 amide bonds. The van der Waals surface area contributed by atoms with Gasteiger partial charge in [0.2, 0.25) is 0 Å². The van der Waals surface area contributed by atoms with Gasteiger partial charge in [-0.15, -0.1) is 0 Å². The van der Waals surface area contributed by atoms with Crippen molar-refractivity contribution in [1.82, 2.24) is 14.7 Å². The van der Waals surface area contributed by atoms with Crippen molar-refractivity contribution in [2.75, 3.05) is 0 Å². The molecule has 6 heteroatoms. The Morgan fingerprint density at radius 3 is 2.84 bits per heavy atom. The normalized spacial score (nSPS) is 40.7. The molecule has 3 saturated carbocycles. The fourth-order valence-electron chi connectivity index (χ4n) is 4.86. The van der Waals surface area contributed by atoms with Gasteiger partial charge >= 0.3 is 0 Å². The van der Waals surface area contributed by atoms with E-state index in [9.17, 15) is 8.42 Å². The number of imidazole rings is 1. The zero-order valence-corrected chi connectivity index (χ0v) is 11.6. The van der Waals surface area contributed by atoms with E-state index in [0.29, 0.717) is 5.92 Å². The first kappa shape index (κ1) is 11.9. The number of sulfonamides is 1. The van der Waals surface area contributed by atoms with Crippen LogP contribution >= 0.6 is 0 Å². The van der Waals surface area contributed by atoms with Crippen molar-refractivity contribution >= 4 is 10.0 Å². The molecule has 3 aliphatic carbocycles. The van der Waals surface area contributed by atoms with Crippen molar-refractivity contribution in [3.63, 3.8) is 0 Å². The van der Waals surface area contributed by atoms with Gasteiger partial charge in [-0.05, 0) is 49.4 Å². The zero-order valence-electron chi connectivity index (χ0n) is 10.7. The maximum Gasteiger partial charge on any atom is 0.257 e. The Bertz CT molecular complexity index is 569. The van der Waals surface area contributed by atoms with Crippen LogP contribution in [-0.4, -0.2) is 24.4 Å². The fraction of sp³-hybridized carbons (Fsp3) is 0.769. The molecule has 19 heavy (non-hydrogen) atoms. The molecule has 3 aliphatic rings. The molecule has 5 nitrogen and oxygen atoms in total. The van der Waals surface area contributed by atoms with E-state index >= 15 is 0 Å². The summed E-state index contributed by atoms with van der Waals surface area (Å²) in [7, 11) is -3.42. The van der Waals surface area contributed by atoms with Crippen LogP contribution in [0.5, 0.6) is 0 Å². The van der Waals surface area contributed by atoms with Gasteiger partial charge in [-0.3, -0.25) is 0 Å². The Balaban J connectivity index is 1.53. The van der Waals surface area contributed by atoms with E-state index in [1.807, 2.05) is 0 Å². The lowest BCUT2D eigenvalue weighted by Gasteiger charge is -2.31. The third-order valence-corrected chi connectivity index (χ3v) is 6.91. The molecule has 5 atom stereocenters. The summed E-state index contributed by atoms with van der Waals surface area (Å²) in [6.45, 7) is 0. The predicted molar refractivity (Wildman–Crippen MR) is 69.7 cm³/mol. The van der Waals surface area contributed by atoms with E-state index in [4.69, 9.17) is 0 Å². The van der Waals surface area contributed by atoms with Gasteiger partial charge in [-0.2, -0.15) is 0 Å². The van der Waals surface area contributed by atoms with E-state index < -0.39 is 10.0 Å². The van der Waals surface area contributed by atoms with E-state index in [0.717, 1.165) is 24.2 Å². The summed E-state index contributed by atoms with van der Waals surface area (Å²) in [6.07, 6.45) is 9.03. The molecule has 0 aliphatic heterocycles. The summed E-state index contributed by atoms with van der Waals surface area (Å²) < 4.78 is 27.4. The Labute approximate surface area is 113 Å². The summed E-state index contributed by atoms with van der Waals surface area (Å²) in [5.41, 5.74) is 0. The monoisotopic (exact) mass is 281 g/mol. The molecule has 0 saturated heterocycles. The molecule has 2 bridgehead atoms. The van der Waals surface area contributed by atoms with Gasteiger partial charge in [0.05, 0.1) is 12.5 Å². The smallest absolute Gasteiger partial charge is 0.257 e. The van der Waals surface area contributed by atoms with Gasteiger partial charge in [0, 0.05) is 6.04 Å². The largest absolute Gasteiger partial charge is 0.335 e. The lowest BCUT2D eigenvalue weighted by atomic mass is 9.79. The number of nitrogens with zero attached hydrogens (tertiary/aromatic N) is 1. The molecule has 104 valence electrons. The minimum Gasteiger partial charge on any atom is -0.335 e. The van der Waals surface area contributed by atoms with Gasteiger partial charge < -0.3 is 4.98 Å². The molecule has 1 aromatic rings. The zero-order chi connectivity index (χ0) is 13.0. The predicted octanol–water partition coefficient (Wildman–Crippen LogP) is 1.51. The molecule has 0 aromatic carbocycles. The fourth-order valence-corrected chi connectivity index (χ4v) is 6.06. The van der Waals surface area contributed by atoms with Crippen LogP contribution in [0.3, 0.4) is 0 Å². The van der Waals surface area contributed by atoms with Crippen LogP contribution in [0.1, 0.15) is 32.1 Å². The molecule has 5 unspecified atom stereocenters. The molecule has 1 heterocycles. The van der Waals surface area contributed by atoms with E-state index in [1.165, 1.54) is 38.2 Å². The van der Waals surface area contributed by atoms with Crippen LogP contribution in [-0.2, 0) is 10.0 Å². The van der Waals surface area contributed by atoms with E-state index in [-0.39, 0.29) is 11.1 Å². The molecular weight excluding hydrogens is 262 g/mol. The van der Waals surface area contributed by atoms with Crippen molar-refractivity contribution < 1.29 is 8.42 Å². The summed E-state index contributed by atoms with van der Waals surface area (Å²) in [5.74, 6) is 2.98. The van der Waals surface area contributed by atoms with Gasteiger partial charge in [-0.1, -0.05) is 6.42 Å². The van der Waals surface area contributed by atoms with E-state index in [2.05, 4.69) is 14.7 Å². The van der Waals surface area contributed by atoms with Crippen molar-refractivity contribution in [2.45, 2.75) is 43.2 Å². The average molecular weight is 281 g/mol. The standard InChI is InChI=1S/C13H19N3O2S/c17-19(18,13-6-14-7-15-13)16-12-5-8-4-11(12)10-3-1-2-9(8)10/h6-12,16H,1-5H2,(H,14,15). The Morgan fingerprint density at radius 2 is 2.05 bits per heavy atom. The number of H-pyrrole nitrogens is 1. The van der Waals surface area contributed by atoms with Crippen LogP contribution in [0.4, 0.5) is 0 Å². The third-order valence-electron chi connectivity index (χ3n) is 5.50. The third kappa shape index (κ3) is 1.76. The topological polar surface area (TPSA) is 74.8 Å². The quantitative estimate of drug-likeness (QED) is 0.882. The number of nitrogens with one attached hydrogen (secondary N) is 2.